The number of nitrogens with zero attached hydrogens (tertiary/aromatic N) is 6. The number of ether oxygens (including phenoxy) is 1. The van der Waals surface area contributed by atoms with Crippen molar-refractivity contribution in [2.75, 3.05) is 33.8 Å². The minimum Gasteiger partial charge on any atom is -0.461 e. The molecule has 0 unspecified atom stereocenters. The van der Waals surface area contributed by atoms with E-state index in [4.69, 9.17) is 20.4 Å². The van der Waals surface area contributed by atoms with Gasteiger partial charge in [-0.3, -0.25) is 14.4 Å². The fourth-order valence-electron chi connectivity index (χ4n) is 8.49. The SMILES string of the molecule is C.CCOC(=O)c1nc(-c2cccc(C#C[C@]3(O)CCN(C)C3=O)c2)nc2c1CC(C)(C)CC2.CN1CC[C@@](O)(C#Cc2cccc(-c3nc4c(c(C(N)=O)n3)CC(C)(C)CC4)c2)C1=O.N. The van der Waals surface area contributed by atoms with Crippen molar-refractivity contribution < 1.29 is 34.1 Å². The first-order valence-corrected chi connectivity index (χ1v) is 21.7. The van der Waals surface area contributed by atoms with Gasteiger partial charge in [0.15, 0.2) is 17.3 Å². The zero-order chi connectivity index (χ0) is 46.2. The van der Waals surface area contributed by atoms with Crippen molar-refractivity contribution in [2.45, 2.75) is 105 Å². The molecule has 7 N–H and O–H groups in total. The number of nitrogens with two attached hydrogens (primary N) is 1. The van der Waals surface area contributed by atoms with Crippen molar-refractivity contribution in [1.29, 1.82) is 0 Å². The molecule has 0 spiro atoms. The molecule has 8 rings (SSSR count). The summed E-state index contributed by atoms with van der Waals surface area (Å²) in [5.41, 5.74) is 9.20. The molecule has 2 fully saturated rings. The molecule has 66 heavy (non-hydrogen) atoms. The fraction of sp³-hybridized carbons (Fsp3) is 0.451. The molecule has 2 aromatic carbocycles. The van der Waals surface area contributed by atoms with Crippen molar-refractivity contribution in [1.82, 2.24) is 35.9 Å². The normalized spacial score (nSPS) is 20.9. The van der Waals surface area contributed by atoms with E-state index in [1.54, 1.807) is 39.2 Å². The highest BCUT2D eigenvalue weighted by molar-refractivity contribution is 5.93. The molecule has 15 nitrogen and oxygen atoms in total. The van der Waals surface area contributed by atoms with Crippen LogP contribution in [0.25, 0.3) is 22.8 Å². The number of fused-ring (bicyclic) bond motifs is 2. The van der Waals surface area contributed by atoms with Gasteiger partial charge in [0.1, 0.15) is 5.69 Å². The van der Waals surface area contributed by atoms with E-state index in [0.717, 1.165) is 54.6 Å². The van der Waals surface area contributed by atoms with Gasteiger partial charge in [-0.1, -0.05) is 83.1 Å². The number of hydrogen-bond acceptors (Lipinski definition) is 12. The van der Waals surface area contributed by atoms with Crippen molar-refractivity contribution in [2.24, 2.45) is 16.6 Å². The van der Waals surface area contributed by atoms with Crippen LogP contribution in [-0.4, -0.2) is 109 Å². The van der Waals surface area contributed by atoms with Crippen LogP contribution < -0.4 is 11.9 Å². The molecule has 2 aliphatic heterocycles. The number of likely N-dealkylation sites (N-methyl/N-ethyl adjacent to an activating group) is 2. The highest BCUT2D eigenvalue weighted by atomic mass is 16.5. The van der Waals surface area contributed by atoms with Gasteiger partial charge in [-0.15, -0.1) is 0 Å². The van der Waals surface area contributed by atoms with E-state index in [1.807, 2.05) is 30.3 Å². The van der Waals surface area contributed by atoms with E-state index < -0.39 is 23.1 Å². The quantitative estimate of drug-likeness (QED) is 0.148. The minimum atomic E-state index is -1.66. The van der Waals surface area contributed by atoms with Gasteiger partial charge in [0.25, 0.3) is 17.7 Å². The minimum absolute atomic E-state index is 0. The molecule has 348 valence electrons. The Morgan fingerprint density at radius 1 is 0.712 bits per heavy atom. The van der Waals surface area contributed by atoms with Gasteiger partial charge in [0, 0.05) is 84.8 Å². The lowest BCUT2D eigenvalue weighted by Gasteiger charge is -2.31. The van der Waals surface area contributed by atoms with Crippen LogP contribution >= 0.6 is 0 Å². The maximum Gasteiger partial charge on any atom is 0.357 e. The Morgan fingerprint density at radius 3 is 1.53 bits per heavy atom. The first kappa shape index (κ1) is 50.5. The Hall–Kier alpha value is -6.52. The van der Waals surface area contributed by atoms with Gasteiger partial charge in [0.2, 0.25) is 11.2 Å². The molecular formula is C51H62N8O7. The third-order valence-corrected chi connectivity index (χ3v) is 12.4. The molecule has 4 aromatic rings. The standard InChI is InChI=1S/C26H29N3O4.C24H26N4O3.CH4.H3N/c1-5-33-23(30)21-19-16-25(2,3)11-10-20(19)27-22(28-21)18-8-6-7-17(15-18)9-12-26(32)13-14-29(4)24(26)31;1-23(2)9-8-18-17(14-23)19(20(25)29)27-21(26-18)16-6-4-5-15(13-16)7-10-24(31)11-12-28(3)22(24)30;;/h6-8,15,32H,5,10-11,13-14,16H2,1-4H3;4-6,13,31H,8-9,11-12,14H2,1-3H3,(H2,25,29);1H4;1H3/t26-;24-;;/m00../s1. The van der Waals surface area contributed by atoms with Crippen LogP contribution in [0.4, 0.5) is 0 Å². The number of carbonyl (C=O) groups is 4. The maximum atomic E-state index is 12.7. The van der Waals surface area contributed by atoms with E-state index >= 15 is 0 Å². The Morgan fingerprint density at radius 2 is 1.14 bits per heavy atom. The highest BCUT2D eigenvalue weighted by Crippen LogP contribution is 2.38. The summed E-state index contributed by atoms with van der Waals surface area (Å²) in [5, 5.41) is 21.1. The van der Waals surface area contributed by atoms with E-state index in [1.165, 1.54) is 9.80 Å². The number of rotatable bonds is 5. The number of aryl methyl sites for hydroxylation is 2. The first-order valence-electron chi connectivity index (χ1n) is 21.7. The number of esters is 1. The van der Waals surface area contributed by atoms with Gasteiger partial charge >= 0.3 is 5.97 Å². The average molecular weight is 899 g/mol. The summed E-state index contributed by atoms with van der Waals surface area (Å²) in [6, 6.07) is 14.5. The first-order chi connectivity index (χ1) is 30.2. The second-order valence-corrected chi connectivity index (χ2v) is 18.7. The van der Waals surface area contributed by atoms with E-state index in [-0.39, 0.29) is 61.4 Å². The molecule has 4 aliphatic rings. The molecular weight excluding hydrogens is 837 g/mol. The lowest BCUT2D eigenvalue weighted by molar-refractivity contribution is -0.138. The van der Waals surface area contributed by atoms with Crippen LogP contribution in [0.5, 0.6) is 0 Å². The monoisotopic (exact) mass is 898 g/mol. The number of benzene rings is 2. The fourth-order valence-corrected chi connectivity index (χ4v) is 8.49. The van der Waals surface area contributed by atoms with Gasteiger partial charge < -0.3 is 36.6 Å². The summed E-state index contributed by atoms with van der Waals surface area (Å²) in [5.74, 6) is 10.4. The number of primary amides is 1. The number of aromatic nitrogens is 4. The summed E-state index contributed by atoms with van der Waals surface area (Å²) in [6.07, 6.45) is 5.49. The number of carbonyl (C=O) groups excluding carboxylic acids is 4. The Kier molecular flexibility index (Phi) is 14.9. The van der Waals surface area contributed by atoms with Crippen molar-refractivity contribution in [3.63, 3.8) is 0 Å². The van der Waals surface area contributed by atoms with Crippen LogP contribution in [0.15, 0.2) is 48.5 Å². The molecule has 2 aromatic heterocycles. The van der Waals surface area contributed by atoms with Crippen LogP contribution in [-0.2, 0) is 40.0 Å². The van der Waals surface area contributed by atoms with Gasteiger partial charge in [-0.05, 0) is 80.5 Å². The van der Waals surface area contributed by atoms with Gasteiger partial charge in [-0.25, -0.2) is 24.7 Å². The smallest absolute Gasteiger partial charge is 0.357 e. The third kappa shape index (κ3) is 10.8. The van der Waals surface area contributed by atoms with Gasteiger partial charge in [-0.2, -0.15) is 0 Å². The summed E-state index contributed by atoms with van der Waals surface area (Å²) in [6.45, 7) is 11.7. The van der Waals surface area contributed by atoms with Crippen LogP contribution in [0.2, 0.25) is 0 Å². The molecule has 2 saturated heterocycles. The zero-order valence-electron chi connectivity index (χ0n) is 38.3. The summed E-state index contributed by atoms with van der Waals surface area (Å²) < 4.78 is 5.29. The summed E-state index contributed by atoms with van der Waals surface area (Å²) in [4.78, 5) is 70.7. The summed E-state index contributed by atoms with van der Waals surface area (Å²) in [7, 11) is 3.30. The lowest BCUT2D eigenvalue weighted by Crippen LogP contribution is -2.37. The Labute approximate surface area is 387 Å². The Bertz CT molecular complexity index is 2690. The molecule has 0 saturated carbocycles. The molecule has 2 aliphatic carbocycles. The highest BCUT2D eigenvalue weighted by Gasteiger charge is 2.43. The molecule has 3 amide bonds. The van der Waals surface area contributed by atoms with Crippen molar-refractivity contribution >= 4 is 23.7 Å². The predicted octanol–water partition coefficient (Wildman–Crippen LogP) is 5.28. The topological polar surface area (TPSA) is 237 Å². The molecule has 4 heterocycles. The number of amides is 3. The average Bonchev–Trinajstić information content (AvgIpc) is 3.68. The lowest BCUT2D eigenvalue weighted by atomic mass is 9.75. The van der Waals surface area contributed by atoms with Crippen molar-refractivity contribution in [3.8, 4) is 46.5 Å². The molecule has 15 heteroatoms. The van der Waals surface area contributed by atoms with E-state index in [0.29, 0.717) is 59.1 Å². The van der Waals surface area contributed by atoms with Crippen molar-refractivity contribution in [3.05, 3.63) is 93.6 Å². The van der Waals surface area contributed by atoms with Crippen LogP contribution in [0.3, 0.4) is 0 Å². The van der Waals surface area contributed by atoms with Crippen LogP contribution in [0.1, 0.15) is 122 Å². The number of likely N-dealkylation sites (tertiary alicyclic amines) is 2. The summed E-state index contributed by atoms with van der Waals surface area (Å²) >= 11 is 0. The van der Waals surface area contributed by atoms with Crippen LogP contribution in [0, 0.1) is 34.5 Å². The maximum absolute atomic E-state index is 12.7. The molecule has 0 radical (unpaired) electrons. The van der Waals surface area contributed by atoms with Gasteiger partial charge in [0.05, 0.1) is 6.61 Å². The molecule has 0 bridgehead atoms. The number of hydrogen-bond donors (Lipinski definition) is 4. The second kappa shape index (κ2) is 19.5. The Balaban J connectivity index is 0.000000241. The van der Waals surface area contributed by atoms with E-state index in [2.05, 4.69) is 61.3 Å². The third-order valence-electron chi connectivity index (χ3n) is 12.4. The zero-order valence-corrected chi connectivity index (χ0v) is 38.3. The van der Waals surface area contributed by atoms with E-state index in [9.17, 15) is 29.4 Å². The largest absolute Gasteiger partial charge is 0.461 e. The molecule has 2 atom stereocenters. The number of aliphatic hydroxyl groups is 2. The second-order valence-electron chi connectivity index (χ2n) is 18.7. The predicted molar refractivity (Wildman–Crippen MR) is 251 cm³/mol.